The molecule has 0 spiro atoms. The molecule has 0 bridgehead atoms. The molecular formula is C15H12INO. The zero-order valence-corrected chi connectivity index (χ0v) is 11.8. The lowest BCUT2D eigenvalue weighted by Gasteiger charge is -2.07. The highest BCUT2D eigenvalue weighted by atomic mass is 127. The van der Waals surface area contributed by atoms with Gasteiger partial charge in [-0.25, -0.2) is 0 Å². The molecule has 0 aliphatic carbocycles. The van der Waals surface area contributed by atoms with Crippen LogP contribution in [0.3, 0.4) is 0 Å². The van der Waals surface area contributed by atoms with Gasteiger partial charge < -0.3 is 9.73 Å². The average molecular weight is 349 g/mol. The Morgan fingerprint density at radius 3 is 2.67 bits per heavy atom. The molecule has 3 rings (SSSR count). The Hall–Kier alpha value is -1.49. The van der Waals surface area contributed by atoms with Gasteiger partial charge in [0.2, 0.25) is 0 Å². The maximum Gasteiger partial charge on any atom is 0.134 e. The summed E-state index contributed by atoms with van der Waals surface area (Å²) in [5, 5.41) is 4.62. The van der Waals surface area contributed by atoms with E-state index < -0.39 is 0 Å². The van der Waals surface area contributed by atoms with Crippen LogP contribution in [0, 0.1) is 3.57 Å². The largest absolute Gasteiger partial charge is 0.464 e. The molecule has 0 unspecified atom stereocenters. The van der Waals surface area contributed by atoms with Gasteiger partial charge in [-0.05, 0) is 40.8 Å². The minimum atomic E-state index is 0.775. The minimum Gasteiger partial charge on any atom is -0.464 e. The number of anilines is 1. The molecule has 0 saturated heterocycles. The first-order chi connectivity index (χ1) is 8.84. The smallest absolute Gasteiger partial charge is 0.134 e. The van der Waals surface area contributed by atoms with E-state index >= 15 is 0 Å². The molecule has 18 heavy (non-hydrogen) atoms. The number of nitrogens with one attached hydrogen (secondary N) is 1. The first-order valence-corrected chi connectivity index (χ1v) is 6.86. The van der Waals surface area contributed by atoms with Crippen molar-refractivity contribution in [2.75, 3.05) is 5.32 Å². The number of halogens is 1. The van der Waals surface area contributed by atoms with E-state index in [1.807, 2.05) is 36.6 Å². The van der Waals surface area contributed by atoms with Crippen LogP contribution in [0.25, 0.3) is 11.0 Å². The summed E-state index contributed by atoms with van der Waals surface area (Å²) >= 11 is 2.33. The van der Waals surface area contributed by atoms with E-state index in [1.54, 1.807) is 0 Å². The number of furan rings is 1. The van der Waals surface area contributed by atoms with Crippen molar-refractivity contribution >= 4 is 39.2 Å². The third-order valence-corrected chi connectivity index (χ3v) is 3.84. The predicted molar refractivity (Wildman–Crippen MR) is 82.7 cm³/mol. The average Bonchev–Trinajstić information content (AvgIpc) is 2.81. The van der Waals surface area contributed by atoms with Crippen LogP contribution in [0.5, 0.6) is 0 Å². The normalized spacial score (nSPS) is 10.7. The quantitative estimate of drug-likeness (QED) is 0.697. The van der Waals surface area contributed by atoms with E-state index in [-0.39, 0.29) is 0 Å². The van der Waals surface area contributed by atoms with Crippen LogP contribution in [0.2, 0.25) is 0 Å². The SMILES string of the molecule is Ic1ccccc1NCc1coc2ccccc12. The fourth-order valence-electron chi connectivity index (χ4n) is 1.96. The summed E-state index contributed by atoms with van der Waals surface area (Å²) < 4.78 is 6.75. The summed E-state index contributed by atoms with van der Waals surface area (Å²) in [5.41, 5.74) is 3.28. The molecule has 0 radical (unpaired) electrons. The van der Waals surface area contributed by atoms with Gasteiger partial charge in [0.1, 0.15) is 5.58 Å². The topological polar surface area (TPSA) is 25.2 Å². The van der Waals surface area contributed by atoms with Crippen LogP contribution in [0.15, 0.2) is 59.2 Å². The highest BCUT2D eigenvalue weighted by Crippen LogP contribution is 2.23. The summed E-state index contributed by atoms with van der Waals surface area (Å²) in [6.45, 7) is 0.775. The Balaban J connectivity index is 1.83. The van der Waals surface area contributed by atoms with Crippen molar-refractivity contribution in [2.24, 2.45) is 0 Å². The molecule has 0 amide bonds. The van der Waals surface area contributed by atoms with Crippen molar-refractivity contribution in [3.63, 3.8) is 0 Å². The number of rotatable bonds is 3. The molecule has 1 aromatic heterocycles. The number of para-hydroxylation sites is 2. The summed E-state index contributed by atoms with van der Waals surface area (Å²) in [5.74, 6) is 0. The first kappa shape index (κ1) is 11.6. The fraction of sp³-hybridized carbons (Fsp3) is 0.0667. The third kappa shape index (κ3) is 2.22. The predicted octanol–water partition coefficient (Wildman–Crippen LogP) is 4.65. The Morgan fingerprint density at radius 2 is 1.78 bits per heavy atom. The van der Waals surface area contributed by atoms with Crippen molar-refractivity contribution in [1.29, 1.82) is 0 Å². The van der Waals surface area contributed by atoms with Crippen LogP contribution >= 0.6 is 22.6 Å². The van der Waals surface area contributed by atoms with E-state index in [1.165, 1.54) is 14.5 Å². The molecule has 0 aliphatic heterocycles. The van der Waals surface area contributed by atoms with Crippen LogP contribution < -0.4 is 5.32 Å². The molecule has 0 saturated carbocycles. The molecule has 2 aromatic carbocycles. The summed E-state index contributed by atoms with van der Waals surface area (Å²) in [7, 11) is 0. The van der Waals surface area contributed by atoms with Crippen molar-refractivity contribution in [3.8, 4) is 0 Å². The Labute approximate surface area is 119 Å². The van der Waals surface area contributed by atoms with Gasteiger partial charge in [-0.2, -0.15) is 0 Å². The summed E-state index contributed by atoms with van der Waals surface area (Å²) in [6, 6.07) is 16.4. The van der Waals surface area contributed by atoms with Gasteiger partial charge in [-0.1, -0.05) is 30.3 Å². The molecule has 2 nitrogen and oxygen atoms in total. The Bertz CT molecular complexity index is 675. The van der Waals surface area contributed by atoms with E-state index in [0.29, 0.717) is 0 Å². The van der Waals surface area contributed by atoms with Crippen molar-refractivity contribution < 1.29 is 4.42 Å². The van der Waals surface area contributed by atoms with Gasteiger partial charge >= 0.3 is 0 Å². The van der Waals surface area contributed by atoms with Gasteiger partial charge in [0.15, 0.2) is 0 Å². The fourth-order valence-corrected chi connectivity index (χ4v) is 2.54. The number of hydrogen-bond donors (Lipinski definition) is 1. The molecule has 0 atom stereocenters. The van der Waals surface area contributed by atoms with Gasteiger partial charge in [-0.15, -0.1) is 0 Å². The van der Waals surface area contributed by atoms with Crippen LogP contribution in [-0.2, 0) is 6.54 Å². The zero-order valence-electron chi connectivity index (χ0n) is 9.69. The van der Waals surface area contributed by atoms with Gasteiger partial charge in [-0.3, -0.25) is 0 Å². The van der Waals surface area contributed by atoms with Crippen LogP contribution in [-0.4, -0.2) is 0 Å². The van der Waals surface area contributed by atoms with E-state index in [0.717, 1.165) is 17.8 Å². The van der Waals surface area contributed by atoms with Crippen molar-refractivity contribution in [3.05, 3.63) is 63.9 Å². The van der Waals surface area contributed by atoms with Gasteiger partial charge in [0.05, 0.1) is 6.26 Å². The van der Waals surface area contributed by atoms with Gasteiger partial charge in [0, 0.05) is 26.8 Å². The second kappa shape index (κ2) is 5.02. The Morgan fingerprint density at radius 1 is 1.00 bits per heavy atom. The standard InChI is InChI=1S/C15H12INO/c16-13-6-2-3-7-14(13)17-9-11-10-18-15-8-4-1-5-12(11)15/h1-8,10,17H,9H2. The highest BCUT2D eigenvalue weighted by Gasteiger charge is 2.05. The number of benzene rings is 2. The van der Waals surface area contributed by atoms with Crippen molar-refractivity contribution in [1.82, 2.24) is 0 Å². The lowest BCUT2D eigenvalue weighted by molar-refractivity contribution is 0.611. The van der Waals surface area contributed by atoms with Gasteiger partial charge in [0.25, 0.3) is 0 Å². The summed E-state index contributed by atoms with van der Waals surface area (Å²) in [4.78, 5) is 0. The molecule has 1 N–H and O–H groups in total. The zero-order chi connectivity index (χ0) is 12.4. The second-order valence-electron chi connectivity index (χ2n) is 4.09. The summed E-state index contributed by atoms with van der Waals surface area (Å²) in [6.07, 6.45) is 1.83. The first-order valence-electron chi connectivity index (χ1n) is 5.78. The monoisotopic (exact) mass is 349 g/mol. The second-order valence-corrected chi connectivity index (χ2v) is 5.25. The Kier molecular flexibility index (Phi) is 3.23. The number of fused-ring (bicyclic) bond motifs is 1. The van der Waals surface area contributed by atoms with E-state index in [2.05, 4.69) is 46.1 Å². The minimum absolute atomic E-state index is 0.775. The molecule has 1 heterocycles. The molecule has 90 valence electrons. The maximum absolute atomic E-state index is 5.53. The molecule has 0 fully saturated rings. The number of hydrogen-bond acceptors (Lipinski definition) is 2. The van der Waals surface area contributed by atoms with E-state index in [4.69, 9.17) is 4.42 Å². The lowest BCUT2D eigenvalue weighted by atomic mass is 10.2. The van der Waals surface area contributed by atoms with E-state index in [9.17, 15) is 0 Å². The molecule has 0 aliphatic rings. The third-order valence-electron chi connectivity index (χ3n) is 2.90. The maximum atomic E-state index is 5.53. The molecule has 3 aromatic rings. The van der Waals surface area contributed by atoms with Crippen LogP contribution in [0.1, 0.15) is 5.56 Å². The molecular weight excluding hydrogens is 337 g/mol. The van der Waals surface area contributed by atoms with Crippen molar-refractivity contribution in [2.45, 2.75) is 6.54 Å². The van der Waals surface area contributed by atoms with Crippen LogP contribution in [0.4, 0.5) is 5.69 Å². The molecule has 3 heteroatoms. The lowest BCUT2D eigenvalue weighted by Crippen LogP contribution is -1.99. The highest BCUT2D eigenvalue weighted by molar-refractivity contribution is 14.1.